The van der Waals surface area contributed by atoms with Crippen molar-refractivity contribution in [2.24, 2.45) is 0 Å². The third-order valence-corrected chi connectivity index (χ3v) is 33.4. The van der Waals surface area contributed by atoms with E-state index >= 15 is 18.3 Å². The number of morpholine rings is 5. The Morgan fingerprint density at radius 3 is 1.31 bits per heavy atom. The zero-order valence-corrected chi connectivity index (χ0v) is 71.1. The molecule has 50 heteroatoms. The highest BCUT2D eigenvalue weighted by Crippen LogP contribution is 2.60. The molecule has 0 amide bonds. The lowest BCUT2D eigenvalue weighted by Gasteiger charge is -2.46. The fourth-order valence-corrected chi connectivity index (χ4v) is 24.0. The molecule has 5 aliphatic rings. The van der Waals surface area contributed by atoms with Crippen molar-refractivity contribution in [3.05, 3.63) is 135 Å². The Kier molecular flexibility index (Phi) is 26.8. The van der Waals surface area contributed by atoms with E-state index in [0.29, 0.717) is 41.3 Å². The van der Waals surface area contributed by atoms with Gasteiger partial charge in [0.2, 0.25) is 0 Å². The number of nitrogen functional groups attached to an aromatic ring is 2. The molecule has 45 nitrogen and oxygen atoms in total. The first-order valence-corrected chi connectivity index (χ1v) is 44.7. The molecule has 0 spiro atoms. The molecule has 634 valence electrons. The van der Waals surface area contributed by atoms with Crippen LogP contribution in [0.2, 0.25) is 0 Å². The Morgan fingerprint density at radius 1 is 0.470 bits per heavy atom. The topological polar surface area (TPSA) is 497 Å². The second-order valence-electron chi connectivity index (χ2n) is 29.9. The average molecular weight is 1710 g/mol. The first-order valence-electron chi connectivity index (χ1n) is 37.0. The highest BCUT2D eigenvalue weighted by molar-refractivity contribution is 7.57. The van der Waals surface area contributed by atoms with Gasteiger partial charge in [0, 0.05) is 74.6 Å². The van der Waals surface area contributed by atoms with Crippen LogP contribution in [0.25, 0.3) is 22.2 Å². The van der Waals surface area contributed by atoms with Crippen LogP contribution < -0.4 is 50.5 Å². The molecule has 11 heterocycles. The largest absolute Gasteiger partial charge is 0.397 e. The SMILES string of the molecule is Cc1nc2c(ncn2[C@H]2CNC[C@@H](COP(=O)(N(C)C)N3C[C@@H](COP(=O)(N(C)C)N4C[C@@H](COP(=O)(N(C)C)N5C[C@@H](COP(=O)(N(C)C)N6C[C@@H](COP(=O)(C(C)C)N(C)C)O[C@@H](n7cc(C)c(=O)[nH]c7=O)C6)O[C@@H](n6ccc(N)nc6=O)C5)O[C@@H](n5cc(C)c(=O)[nH]c5=O)C4)O[C@@H](n4cnc5c(N)cccc54)C3)O2)c(=O)[nH]1. The van der Waals surface area contributed by atoms with E-state index in [0.717, 1.165) is 13.7 Å². The van der Waals surface area contributed by atoms with E-state index in [2.05, 4.69) is 40.2 Å². The maximum absolute atomic E-state index is 16.3. The normalized spacial score (nSPS) is 26.1. The summed E-state index contributed by atoms with van der Waals surface area (Å²) in [5.41, 5.74) is 9.88. The summed E-state index contributed by atoms with van der Waals surface area (Å²) in [6, 6.07) is 6.63. The molecule has 1 aromatic carbocycles. The fraction of sp³-hybridized carbons (Fsp3) is 0.631. The molecule has 15 atom stereocenters. The molecule has 12 rings (SSSR count). The summed E-state index contributed by atoms with van der Waals surface area (Å²) in [5, 5.41) is 3.34. The van der Waals surface area contributed by atoms with Gasteiger partial charge in [0.05, 0.1) is 114 Å². The number of nitrogens with one attached hydrogen (secondary N) is 4. The van der Waals surface area contributed by atoms with Crippen molar-refractivity contribution in [2.45, 2.75) is 102 Å². The van der Waals surface area contributed by atoms with E-state index in [9.17, 15) is 33.3 Å². The molecule has 8 N–H and O–H groups in total. The summed E-state index contributed by atoms with van der Waals surface area (Å²) in [5.74, 6) is 0.278. The minimum atomic E-state index is -4.45. The lowest BCUT2D eigenvalue weighted by molar-refractivity contribution is -0.132. The van der Waals surface area contributed by atoms with E-state index in [1.54, 1.807) is 87.3 Å². The van der Waals surface area contributed by atoms with E-state index < -0.39 is 159 Å². The van der Waals surface area contributed by atoms with Gasteiger partial charge in [0.15, 0.2) is 29.8 Å². The van der Waals surface area contributed by atoms with Crippen molar-refractivity contribution in [3.8, 4) is 0 Å². The van der Waals surface area contributed by atoms with E-state index in [1.165, 1.54) is 124 Å². The number of aromatic amines is 3. The second-order valence-corrected chi connectivity index (χ2v) is 43.5. The molecule has 6 aromatic heterocycles. The van der Waals surface area contributed by atoms with Crippen molar-refractivity contribution >= 4 is 71.9 Å². The van der Waals surface area contributed by atoms with E-state index in [-0.39, 0.29) is 88.0 Å². The summed E-state index contributed by atoms with van der Waals surface area (Å²) >= 11 is 0. The van der Waals surface area contributed by atoms with Gasteiger partial charge < -0.3 is 72.6 Å². The van der Waals surface area contributed by atoms with Gasteiger partial charge in [-0.05, 0) is 109 Å². The van der Waals surface area contributed by atoms with Gasteiger partial charge in [-0.15, -0.1) is 0 Å². The minimum Gasteiger partial charge on any atom is -0.397 e. The van der Waals surface area contributed by atoms with E-state index in [4.69, 9.17) is 57.8 Å². The predicted molar refractivity (Wildman–Crippen MR) is 422 cm³/mol. The Morgan fingerprint density at radius 2 is 0.878 bits per heavy atom. The molecule has 5 saturated heterocycles. The van der Waals surface area contributed by atoms with Crippen LogP contribution in [-0.2, 0) is 69.1 Å². The third-order valence-electron chi connectivity index (χ3n) is 20.3. The molecule has 7 aromatic rings. The zero-order valence-electron chi connectivity index (χ0n) is 66.7. The number of imidazole rings is 2. The first kappa shape index (κ1) is 87.5. The molecule has 115 heavy (non-hydrogen) atoms. The van der Waals surface area contributed by atoms with Gasteiger partial charge >= 0.3 is 47.8 Å². The van der Waals surface area contributed by atoms with Gasteiger partial charge in [-0.3, -0.25) is 65.4 Å². The average Bonchev–Trinajstić information content (AvgIpc) is 1.74. The number of rotatable bonds is 30. The standard InChI is InChI=1S/C65H103N24O21P5/c1-40(2)111(96,76(6)7)101-34-45-25-82(30-54(108-45)86-23-41(3)60(90)74-64(86)94)114(99,79(12)13)103-35-46-26-81(29-53(107-46)85-20-19-51(67)73-63(85)93)113(98,78(10)11)104-36-47-27-83(31-55(109-47)87-24-42(4)61(91)75-65(87)95)115(100,80(14)15)105-37-48-28-84(32-56(110-48)88-38-69-57-49(66)17-16-18-50(57)88)112(97,77(8)9)102-33-44-21-68-22-52(106-44)89-39-70-58-59(89)71-43(5)72-62(58)92/h16-20,23-24,38-40,44-48,52-56,68H,21-22,25-37,66H2,1-15H3,(H2,67,73,93)(H,71,72,92)(H,74,90,94)(H,75,91,95)/t44-,45-,46-,47-,48-,52+,53+,54+,55+,56+,111?,112?,113?,114?,115?/m0/s1. The third kappa shape index (κ3) is 18.4. The first-order chi connectivity index (χ1) is 54.2. The van der Waals surface area contributed by atoms with Gasteiger partial charge in [-0.25, -0.2) is 71.4 Å². The van der Waals surface area contributed by atoms with Crippen molar-refractivity contribution in [2.75, 3.05) is 180 Å². The quantitative estimate of drug-likeness (QED) is 0.0276. The van der Waals surface area contributed by atoms with Crippen molar-refractivity contribution in [3.63, 3.8) is 0 Å². The lowest BCUT2D eigenvalue weighted by atomic mass is 10.2. The number of para-hydroxylation sites is 1. The molecule has 0 saturated carbocycles. The highest BCUT2D eigenvalue weighted by Gasteiger charge is 2.51. The summed E-state index contributed by atoms with van der Waals surface area (Å²) in [6.45, 7) is 4.91. The summed E-state index contributed by atoms with van der Waals surface area (Å²) < 4.78 is 164. The second kappa shape index (κ2) is 35.3. The smallest absolute Gasteiger partial charge is 0.351 e. The van der Waals surface area contributed by atoms with Crippen molar-refractivity contribution < 1.29 is 69.1 Å². The number of hydrogen-bond acceptors (Lipinski definition) is 28. The van der Waals surface area contributed by atoms with Crippen LogP contribution in [0, 0.1) is 20.8 Å². The van der Waals surface area contributed by atoms with Crippen LogP contribution >= 0.6 is 38.2 Å². The Balaban J connectivity index is 0.813. The number of ether oxygens (including phenoxy) is 5. The Bertz CT molecular complexity index is 5310. The van der Waals surface area contributed by atoms with Crippen LogP contribution in [0.15, 0.2) is 84.3 Å². The van der Waals surface area contributed by atoms with Crippen LogP contribution in [0.5, 0.6) is 0 Å². The monoisotopic (exact) mass is 1710 g/mol. The van der Waals surface area contributed by atoms with Crippen LogP contribution in [0.1, 0.15) is 61.9 Å². The molecular weight excluding hydrogens is 1610 g/mol. The van der Waals surface area contributed by atoms with Gasteiger partial charge in [0.25, 0.3) is 24.2 Å². The summed E-state index contributed by atoms with van der Waals surface area (Å²) in [6.07, 6.45) is -3.75. The number of fused-ring (bicyclic) bond motifs is 2. The summed E-state index contributed by atoms with van der Waals surface area (Å²) in [7, 11) is -5.26. The zero-order chi connectivity index (χ0) is 83.3. The minimum absolute atomic E-state index is 0.0427. The number of aromatic nitrogens is 12. The molecule has 5 fully saturated rings. The number of anilines is 2. The highest BCUT2D eigenvalue weighted by atomic mass is 31.2. The number of benzene rings is 1. The van der Waals surface area contributed by atoms with Crippen LogP contribution in [0.3, 0.4) is 0 Å². The van der Waals surface area contributed by atoms with Crippen molar-refractivity contribution in [1.29, 1.82) is 0 Å². The fourth-order valence-electron chi connectivity index (χ4n) is 14.2. The Hall–Kier alpha value is -6.77. The molecule has 0 radical (unpaired) electrons. The maximum atomic E-state index is 16.3. The Labute approximate surface area is 660 Å². The number of nitrogens with two attached hydrogens (primary N) is 2. The lowest BCUT2D eigenvalue weighted by Crippen LogP contribution is -2.52. The number of hydrogen-bond donors (Lipinski definition) is 6. The molecule has 5 aliphatic heterocycles. The number of nitrogens with zero attached hydrogens (tertiary/aromatic N) is 18. The van der Waals surface area contributed by atoms with Gasteiger partial charge in [0.1, 0.15) is 29.6 Å². The maximum Gasteiger partial charge on any atom is 0.351 e. The predicted octanol–water partition coefficient (Wildman–Crippen LogP) is 1.83. The molecule has 0 aliphatic carbocycles. The van der Waals surface area contributed by atoms with Gasteiger partial charge in [-0.1, -0.05) is 19.9 Å². The number of H-pyrrole nitrogens is 3. The van der Waals surface area contributed by atoms with Crippen LogP contribution in [-0.4, -0.2) is 305 Å². The van der Waals surface area contributed by atoms with Gasteiger partial charge in [-0.2, -0.15) is 4.98 Å². The van der Waals surface area contributed by atoms with Crippen molar-refractivity contribution in [1.82, 2.24) is 105 Å². The van der Waals surface area contributed by atoms with Crippen LogP contribution in [0.4, 0.5) is 11.5 Å². The summed E-state index contributed by atoms with van der Waals surface area (Å²) in [4.78, 5) is 104. The van der Waals surface area contributed by atoms with E-state index in [1.807, 2.05) is 0 Å². The number of aryl methyl sites for hydroxylation is 3. The molecular formula is C65H103N24O21P5. The molecule has 0 bridgehead atoms. The molecule has 5 unspecified atom stereocenters.